The Bertz CT molecular complexity index is 38.5. The van der Waals surface area contributed by atoms with Gasteiger partial charge >= 0.3 is 0 Å². The molecule has 0 aromatic carbocycles. The Balaban J connectivity index is 3.17. The summed E-state index contributed by atoms with van der Waals surface area (Å²) in [6.07, 6.45) is 0. The SMILES string of the molecule is NC(N)(N)CO. The van der Waals surface area contributed by atoms with Crippen molar-refractivity contribution in [3.05, 3.63) is 0 Å². The average Bonchev–Trinajstić information content (AvgIpc) is 1.35. The molecule has 0 bridgehead atoms. The van der Waals surface area contributed by atoms with Crippen LogP contribution in [-0.2, 0) is 0 Å². The summed E-state index contributed by atoms with van der Waals surface area (Å²) in [5, 5.41) is 8.03. The van der Waals surface area contributed by atoms with Crippen LogP contribution >= 0.6 is 0 Å². The number of hydrogen-bond acceptors (Lipinski definition) is 4. The van der Waals surface area contributed by atoms with E-state index in [1.807, 2.05) is 0 Å². The summed E-state index contributed by atoms with van der Waals surface area (Å²) < 4.78 is 0. The molecule has 0 fully saturated rings. The van der Waals surface area contributed by atoms with Gasteiger partial charge in [-0.2, -0.15) is 0 Å². The maximum atomic E-state index is 8.03. The fourth-order valence-electron chi connectivity index (χ4n) is 0. The molecule has 38 valence electrons. The van der Waals surface area contributed by atoms with E-state index >= 15 is 0 Å². The third-order valence-corrected chi connectivity index (χ3v) is 0.274. The van der Waals surface area contributed by atoms with Gasteiger partial charge in [0.15, 0.2) is 0 Å². The summed E-state index contributed by atoms with van der Waals surface area (Å²) in [6, 6.07) is 0. The van der Waals surface area contributed by atoms with Crippen LogP contribution in [0.25, 0.3) is 0 Å². The van der Waals surface area contributed by atoms with Gasteiger partial charge in [-0.3, -0.25) is 17.2 Å². The lowest BCUT2D eigenvalue weighted by Gasteiger charge is -2.12. The molecule has 4 heteroatoms. The molecule has 0 spiro atoms. The Morgan fingerprint density at radius 3 is 1.50 bits per heavy atom. The van der Waals surface area contributed by atoms with Crippen molar-refractivity contribution in [3.8, 4) is 0 Å². The molecule has 0 aromatic rings. The molecule has 0 saturated heterocycles. The molecule has 0 atom stereocenters. The monoisotopic (exact) mass is 91.1 g/mol. The normalized spacial score (nSPS) is 12.0. The van der Waals surface area contributed by atoms with Crippen LogP contribution in [0.1, 0.15) is 0 Å². The second-order valence-electron chi connectivity index (χ2n) is 1.27. The van der Waals surface area contributed by atoms with Crippen LogP contribution in [-0.4, -0.2) is 17.5 Å². The predicted octanol–water partition coefficient (Wildman–Crippen LogP) is -2.49. The second kappa shape index (κ2) is 1.53. The number of rotatable bonds is 1. The van der Waals surface area contributed by atoms with E-state index in [1.54, 1.807) is 0 Å². The van der Waals surface area contributed by atoms with Gasteiger partial charge < -0.3 is 5.11 Å². The van der Waals surface area contributed by atoms with Crippen LogP contribution < -0.4 is 17.2 Å². The predicted molar refractivity (Wildman–Crippen MR) is 22.4 cm³/mol. The number of nitrogens with two attached hydrogens (primary N) is 3. The van der Waals surface area contributed by atoms with Gasteiger partial charge in [0.25, 0.3) is 0 Å². The molecule has 4 nitrogen and oxygen atoms in total. The van der Waals surface area contributed by atoms with E-state index in [9.17, 15) is 0 Å². The largest absolute Gasteiger partial charge is 0.392 e. The molecule has 0 saturated carbocycles. The maximum Gasteiger partial charge on any atom is 0.139 e. The Morgan fingerprint density at radius 2 is 1.50 bits per heavy atom. The van der Waals surface area contributed by atoms with Crippen molar-refractivity contribution >= 4 is 0 Å². The molecular formula is C2H9N3O. The van der Waals surface area contributed by atoms with E-state index in [-0.39, 0.29) is 0 Å². The molecule has 0 aliphatic rings. The highest BCUT2D eigenvalue weighted by atomic mass is 16.3. The molecule has 0 heterocycles. The quantitative estimate of drug-likeness (QED) is 0.268. The minimum absolute atomic E-state index is 0.396. The van der Waals surface area contributed by atoms with Gasteiger partial charge in [0.2, 0.25) is 0 Å². The Hall–Kier alpha value is -0.160. The summed E-state index contributed by atoms with van der Waals surface area (Å²) in [4.78, 5) is 0. The Kier molecular flexibility index (Phi) is 1.48. The molecular weight excluding hydrogens is 82.0 g/mol. The second-order valence-corrected chi connectivity index (χ2v) is 1.27. The standard InChI is InChI=1S/C2H9N3O/c3-2(4,5)1-6/h6H,1,3-5H2. The van der Waals surface area contributed by atoms with Crippen LogP contribution in [0.3, 0.4) is 0 Å². The summed E-state index contributed by atoms with van der Waals surface area (Å²) in [5.74, 6) is -1.40. The van der Waals surface area contributed by atoms with E-state index in [0.717, 1.165) is 0 Å². The van der Waals surface area contributed by atoms with Crippen molar-refractivity contribution in [1.82, 2.24) is 0 Å². The van der Waals surface area contributed by atoms with Gasteiger partial charge in [0.05, 0.1) is 6.61 Å². The van der Waals surface area contributed by atoms with Crippen LogP contribution in [0.5, 0.6) is 0 Å². The van der Waals surface area contributed by atoms with Crippen molar-refractivity contribution in [2.45, 2.75) is 5.79 Å². The lowest BCUT2D eigenvalue weighted by Crippen LogP contribution is -2.60. The summed E-state index contributed by atoms with van der Waals surface area (Å²) >= 11 is 0. The molecule has 0 unspecified atom stereocenters. The number of aliphatic hydroxyl groups is 1. The number of hydrogen-bond donors (Lipinski definition) is 4. The van der Waals surface area contributed by atoms with E-state index in [1.165, 1.54) is 0 Å². The zero-order valence-electron chi connectivity index (χ0n) is 3.39. The van der Waals surface area contributed by atoms with Crippen LogP contribution in [0.2, 0.25) is 0 Å². The highest BCUT2D eigenvalue weighted by molar-refractivity contribution is 4.63. The topological polar surface area (TPSA) is 98.3 Å². The third kappa shape index (κ3) is 3.84. The van der Waals surface area contributed by atoms with Crippen molar-refractivity contribution in [2.75, 3.05) is 6.61 Å². The first kappa shape index (κ1) is 5.84. The van der Waals surface area contributed by atoms with E-state index in [2.05, 4.69) is 0 Å². The van der Waals surface area contributed by atoms with E-state index in [4.69, 9.17) is 22.3 Å². The summed E-state index contributed by atoms with van der Waals surface area (Å²) in [7, 11) is 0. The molecule has 0 amide bonds. The summed E-state index contributed by atoms with van der Waals surface area (Å²) in [6.45, 7) is -0.396. The Labute approximate surface area is 35.9 Å². The molecule has 0 radical (unpaired) electrons. The van der Waals surface area contributed by atoms with Gasteiger partial charge in [0.1, 0.15) is 5.79 Å². The van der Waals surface area contributed by atoms with E-state index in [0.29, 0.717) is 0 Å². The van der Waals surface area contributed by atoms with Gasteiger partial charge in [-0.25, -0.2) is 0 Å². The fraction of sp³-hybridized carbons (Fsp3) is 1.00. The van der Waals surface area contributed by atoms with Crippen molar-refractivity contribution < 1.29 is 5.11 Å². The zero-order valence-corrected chi connectivity index (χ0v) is 3.39. The van der Waals surface area contributed by atoms with Crippen molar-refractivity contribution in [2.24, 2.45) is 17.2 Å². The van der Waals surface area contributed by atoms with Crippen LogP contribution in [0.4, 0.5) is 0 Å². The zero-order chi connectivity index (χ0) is 5.21. The van der Waals surface area contributed by atoms with Gasteiger partial charge in [-0.15, -0.1) is 0 Å². The molecule has 0 rings (SSSR count). The third-order valence-electron chi connectivity index (χ3n) is 0.274. The van der Waals surface area contributed by atoms with Crippen molar-refractivity contribution in [1.29, 1.82) is 0 Å². The highest BCUT2D eigenvalue weighted by Crippen LogP contribution is 1.66. The lowest BCUT2D eigenvalue weighted by atomic mass is 10.4. The fourth-order valence-corrected chi connectivity index (χ4v) is 0. The first-order valence-electron chi connectivity index (χ1n) is 1.54. The molecule has 7 N–H and O–H groups in total. The smallest absolute Gasteiger partial charge is 0.139 e. The maximum absolute atomic E-state index is 8.03. The number of aliphatic hydroxyl groups excluding tert-OH is 1. The highest BCUT2D eigenvalue weighted by Gasteiger charge is 2.06. The lowest BCUT2D eigenvalue weighted by molar-refractivity contribution is 0.205. The Morgan fingerprint density at radius 1 is 1.33 bits per heavy atom. The van der Waals surface area contributed by atoms with Gasteiger partial charge in [-0.1, -0.05) is 0 Å². The first-order chi connectivity index (χ1) is 2.56. The molecule has 6 heavy (non-hydrogen) atoms. The van der Waals surface area contributed by atoms with Gasteiger partial charge in [0, 0.05) is 0 Å². The van der Waals surface area contributed by atoms with Crippen LogP contribution in [0, 0.1) is 0 Å². The summed E-state index contributed by atoms with van der Waals surface area (Å²) in [5.41, 5.74) is 14.5. The minimum Gasteiger partial charge on any atom is -0.392 e. The molecule has 0 aliphatic carbocycles. The van der Waals surface area contributed by atoms with E-state index < -0.39 is 12.4 Å². The molecule has 0 aliphatic heterocycles. The van der Waals surface area contributed by atoms with Crippen LogP contribution in [0.15, 0.2) is 0 Å². The van der Waals surface area contributed by atoms with Gasteiger partial charge in [-0.05, 0) is 0 Å². The minimum atomic E-state index is -1.40. The molecule has 0 aromatic heterocycles. The average molecular weight is 91.1 g/mol. The van der Waals surface area contributed by atoms with Crippen molar-refractivity contribution in [3.63, 3.8) is 0 Å². The first-order valence-corrected chi connectivity index (χ1v) is 1.54.